The summed E-state index contributed by atoms with van der Waals surface area (Å²) in [7, 11) is 1.58. The van der Waals surface area contributed by atoms with Gasteiger partial charge in [0.15, 0.2) is 5.78 Å². The summed E-state index contributed by atoms with van der Waals surface area (Å²) in [6, 6.07) is 4.54. The number of nitrogens with one attached hydrogen (secondary N) is 1. The second-order valence-electron chi connectivity index (χ2n) is 6.43. The van der Waals surface area contributed by atoms with Crippen LogP contribution < -0.4 is 5.32 Å². The third-order valence-electron chi connectivity index (χ3n) is 4.53. The SMILES string of the molecule is CCC(=O)O.CN[C@@]1(c2ccc(C(F)(F)F)cc2)CCC[C@](C)(O)C1=O. The highest BCUT2D eigenvalue weighted by atomic mass is 19.4. The van der Waals surface area contributed by atoms with E-state index in [9.17, 15) is 27.9 Å². The van der Waals surface area contributed by atoms with Gasteiger partial charge in [-0.15, -0.1) is 0 Å². The van der Waals surface area contributed by atoms with Crippen molar-refractivity contribution in [2.75, 3.05) is 7.05 Å². The van der Waals surface area contributed by atoms with Crippen molar-refractivity contribution in [2.24, 2.45) is 0 Å². The minimum Gasteiger partial charge on any atom is -0.481 e. The Bertz CT molecular complexity index is 641. The summed E-state index contributed by atoms with van der Waals surface area (Å²) in [4.78, 5) is 21.9. The number of carboxylic acids is 1. The van der Waals surface area contributed by atoms with Crippen molar-refractivity contribution in [3.63, 3.8) is 0 Å². The highest BCUT2D eigenvalue weighted by Crippen LogP contribution is 2.39. The Morgan fingerprint density at radius 1 is 1.23 bits per heavy atom. The highest BCUT2D eigenvalue weighted by molar-refractivity contribution is 5.96. The molecule has 146 valence electrons. The average Bonchev–Trinajstić information content (AvgIpc) is 2.57. The third-order valence-corrected chi connectivity index (χ3v) is 4.53. The Morgan fingerprint density at radius 2 is 1.73 bits per heavy atom. The first kappa shape index (κ1) is 22.1. The third kappa shape index (κ3) is 4.82. The van der Waals surface area contributed by atoms with Crippen LogP contribution in [0.4, 0.5) is 13.2 Å². The lowest BCUT2D eigenvalue weighted by Gasteiger charge is -2.42. The van der Waals surface area contributed by atoms with Crippen molar-refractivity contribution in [3.05, 3.63) is 35.4 Å². The van der Waals surface area contributed by atoms with Crippen LogP contribution >= 0.6 is 0 Å². The van der Waals surface area contributed by atoms with Crippen molar-refractivity contribution in [1.82, 2.24) is 5.32 Å². The molecule has 0 unspecified atom stereocenters. The zero-order valence-corrected chi connectivity index (χ0v) is 15.0. The van der Waals surface area contributed by atoms with Crippen LogP contribution in [0.2, 0.25) is 0 Å². The monoisotopic (exact) mass is 375 g/mol. The minimum atomic E-state index is -4.41. The van der Waals surface area contributed by atoms with Gasteiger partial charge in [0.2, 0.25) is 0 Å². The molecule has 2 atom stereocenters. The van der Waals surface area contributed by atoms with Crippen LogP contribution in [0.25, 0.3) is 0 Å². The molecule has 26 heavy (non-hydrogen) atoms. The number of likely N-dealkylation sites (N-methyl/N-ethyl adjacent to an activating group) is 1. The standard InChI is InChI=1S/C15H18F3NO2.C3H6O2/c1-13(21)8-3-9-14(19-2,12(13)20)10-4-6-11(7-5-10)15(16,17)18;1-2-3(4)5/h4-7,19,21H,3,8-9H2,1-2H3;2H2,1H3,(H,4,5)/t13-,14+;/m0./s1. The minimum absolute atomic E-state index is 0.222. The van der Waals surface area contributed by atoms with Gasteiger partial charge in [0.05, 0.1) is 5.56 Å². The van der Waals surface area contributed by atoms with Crippen molar-refractivity contribution >= 4 is 11.8 Å². The first-order valence-electron chi connectivity index (χ1n) is 8.26. The number of carbonyl (C=O) groups excluding carboxylic acids is 1. The number of alkyl halides is 3. The van der Waals surface area contributed by atoms with E-state index in [0.29, 0.717) is 24.8 Å². The number of aliphatic hydroxyl groups is 1. The van der Waals surface area contributed by atoms with E-state index in [1.165, 1.54) is 19.1 Å². The fourth-order valence-electron chi connectivity index (χ4n) is 2.99. The van der Waals surface area contributed by atoms with Crippen molar-refractivity contribution < 1.29 is 33.0 Å². The Balaban J connectivity index is 0.000000597. The molecule has 0 spiro atoms. The fourth-order valence-corrected chi connectivity index (χ4v) is 2.99. The average molecular weight is 375 g/mol. The van der Waals surface area contributed by atoms with Gasteiger partial charge in [-0.3, -0.25) is 9.59 Å². The van der Waals surface area contributed by atoms with E-state index in [-0.39, 0.29) is 6.42 Å². The second-order valence-corrected chi connectivity index (χ2v) is 6.43. The van der Waals surface area contributed by atoms with Gasteiger partial charge in [-0.1, -0.05) is 19.1 Å². The van der Waals surface area contributed by atoms with Gasteiger partial charge in [-0.25, -0.2) is 0 Å². The van der Waals surface area contributed by atoms with Crippen LogP contribution in [0.5, 0.6) is 0 Å². The lowest BCUT2D eigenvalue weighted by molar-refractivity contribution is -0.148. The Labute approximate surface area is 150 Å². The number of halogens is 3. The van der Waals surface area contributed by atoms with Gasteiger partial charge in [0.25, 0.3) is 0 Å². The molecule has 3 N–H and O–H groups in total. The molecule has 0 aromatic heterocycles. The maximum absolute atomic E-state index is 12.6. The molecule has 1 aliphatic rings. The number of benzene rings is 1. The molecule has 0 bridgehead atoms. The van der Waals surface area contributed by atoms with Crippen molar-refractivity contribution in [3.8, 4) is 0 Å². The van der Waals surface area contributed by atoms with E-state index < -0.39 is 34.6 Å². The first-order valence-corrected chi connectivity index (χ1v) is 8.26. The topological polar surface area (TPSA) is 86.6 Å². The molecule has 0 amide bonds. The van der Waals surface area contributed by atoms with Gasteiger partial charge >= 0.3 is 12.1 Å². The number of Topliss-reactive ketones (excluding diaryl/α,β-unsaturated/α-hetero) is 1. The summed E-state index contributed by atoms with van der Waals surface area (Å²) in [5.41, 5.74) is -2.91. The molecule has 0 radical (unpaired) electrons. The predicted molar refractivity (Wildman–Crippen MR) is 89.6 cm³/mol. The number of rotatable bonds is 3. The molecule has 1 aromatic carbocycles. The van der Waals surface area contributed by atoms with Crippen LogP contribution in [0.15, 0.2) is 24.3 Å². The van der Waals surface area contributed by atoms with Gasteiger partial charge in [-0.2, -0.15) is 13.2 Å². The maximum atomic E-state index is 12.6. The fraction of sp³-hybridized carbons (Fsp3) is 0.556. The lowest BCUT2D eigenvalue weighted by Crippen LogP contribution is -2.59. The number of carboxylic acid groups (broad SMARTS) is 1. The molecule has 8 heteroatoms. The second kappa shape index (κ2) is 8.18. The number of hydrogen-bond acceptors (Lipinski definition) is 4. The molecular weight excluding hydrogens is 351 g/mol. The first-order chi connectivity index (χ1) is 11.9. The Kier molecular flexibility index (Phi) is 6.95. The van der Waals surface area contributed by atoms with Crippen LogP contribution in [-0.4, -0.2) is 34.6 Å². The quantitative estimate of drug-likeness (QED) is 0.756. The molecule has 1 aliphatic carbocycles. The van der Waals surface area contributed by atoms with E-state index in [4.69, 9.17) is 5.11 Å². The van der Waals surface area contributed by atoms with Gasteiger partial charge < -0.3 is 15.5 Å². The largest absolute Gasteiger partial charge is 0.481 e. The van der Waals surface area contributed by atoms with Gasteiger partial charge in [-0.05, 0) is 50.9 Å². The zero-order valence-electron chi connectivity index (χ0n) is 15.0. The van der Waals surface area contributed by atoms with Crippen LogP contribution in [0, 0.1) is 0 Å². The van der Waals surface area contributed by atoms with Crippen LogP contribution in [0.3, 0.4) is 0 Å². The lowest BCUT2D eigenvalue weighted by atomic mass is 9.69. The summed E-state index contributed by atoms with van der Waals surface area (Å²) in [5, 5.41) is 20.8. The molecule has 2 rings (SSSR count). The predicted octanol–water partition coefficient (Wildman–Crippen LogP) is 3.11. The molecule has 1 saturated carbocycles. The summed E-state index contributed by atoms with van der Waals surface area (Å²) in [5.74, 6) is -1.14. The molecule has 0 saturated heterocycles. The van der Waals surface area contributed by atoms with Crippen LogP contribution in [0.1, 0.15) is 50.7 Å². The van der Waals surface area contributed by atoms with Gasteiger partial charge in [0, 0.05) is 6.42 Å². The number of aliphatic carboxylic acids is 1. The zero-order chi connectivity index (χ0) is 20.2. The normalized spacial score (nSPS) is 26.0. The van der Waals surface area contributed by atoms with Crippen molar-refractivity contribution in [1.29, 1.82) is 0 Å². The molecular formula is C18H24F3NO4. The van der Waals surface area contributed by atoms with E-state index in [0.717, 1.165) is 12.1 Å². The summed E-state index contributed by atoms with van der Waals surface area (Å²) < 4.78 is 37.8. The number of carbonyl (C=O) groups is 2. The molecule has 0 aliphatic heterocycles. The number of ketones is 1. The summed E-state index contributed by atoms with van der Waals surface area (Å²) in [6.45, 7) is 3.05. The highest BCUT2D eigenvalue weighted by Gasteiger charge is 2.50. The van der Waals surface area contributed by atoms with E-state index in [1.807, 2.05) is 0 Å². The number of hydrogen-bond donors (Lipinski definition) is 3. The molecule has 5 nitrogen and oxygen atoms in total. The Hall–Kier alpha value is -1.93. The molecule has 0 heterocycles. The Morgan fingerprint density at radius 3 is 2.12 bits per heavy atom. The summed E-state index contributed by atoms with van der Waals surface area (Å²) in [6.07, 6.45) is -2.77. The van der Waals surface area contributed by atoms with Crippen LogP contribution in [-0.2, 0) is 21.3 Å². The maximum Gasteiger partial charge on any atom is 0.416 e. The van der Waals surface area contributed by atoms with Crippen molar-refractivity contribution in [2.45, 2.75) is 56.8 Å². The van der Waals surface area contributed by atoms with E-state index >= 15 is 0 Å². The smallest absolute Gasteiger partial charge is 0.416 e. The van der Waals surface area contributed by atoms with E-state index in [2.05, 4.69) is 5.32 Å². The molecule has 1 aromatic rings. The molecule has 1 fully saturated rings. The summed E-state index contributed by atoms with van der Waals surface area (Å²) >= 11 is 0. The van der Waals surface area contributed by atoms with Gasteiger partial charge in [0.1, 0.15) is 11.1 Å². The van der Waals surface area contributed by atoms with E-state index in [1.54, 1.807) is 14.0 Å².